The molecule has 0 aliphatic carbocycles. The number of Topliss-reactive ketones (excluding diaryl/α,β-unsaturated/α-hetero) is 1. The summed E-state index contributed by atoms with van der Waals surface area (Å²) >= 11 is 0. The summed E-state index contributed by atoms with van der Waals surface area (Å²) in [6.45, 7) is 1.15. The Balaban J connectivity index is 1.90. The van der Waals surface area contributed by atoms with E-state index in [2.05, 4.69) is 0 Å². The monoisotopic (exact) mass is 265 g/mol. The minimum atomic E-state index is -0.827. The first kappa shape index (κ1) is 13.7. The largest absolute Gasteiger partial charge is 0.480 e. The number of likely N-dealkylation sites (tertiary alicyclic amines) is 1. The van der Waals surface area contributed by atoms with E-state index in [4.69, 9.17) is 5.11 Å². The van der Waals surface area contributed by atoms with E-state index in [-0.39, 0.29) is 18.0 Å². The third-order valence-corrected chi connectivity index (χ3v) is 3.44. The van der Waals surface area contributed by atoms with E-state index < -0.39 is 12.0 Å². The fourth-order valence-corrected chi connectivity index (χ4v) is 2.40. The molecule has 1 aromatic carbocycles. The predicted octanol–water partition coefficient (Wildman–Crippen LogP) is 1.95. The number of hydrogen-bond donors (Lipinski definition) is 1. The number of nitrogens with zero attached hydrogens (tertiary/aromatic N) is 1. The number of carbonyl (C=O) groups excluding carboxylic acids is 1. The number of aliphatic carboxylic acids is 1. The lowest BCUT2D eigenvalue weighted by molar-refractivity contribution is -0.142. The van der Waals surface area contributed by atoms with Crippen molar-refractivity contribution in [3.05, 3.63) is 35.6 Å². The first-order valence-corrected chi connectivity index (χ1v) is 6.33. The van der Waals surface area contributed by atoms with Gasteiger partial charge in [-0.1, -0.05) is 0 Å². The number of carboxylic acid groups (broad SMARTS) is 1. The summed E-state index contributed by atoms with van der Waals surface area (Å²) in [5, 5.41) is 9.03. The second-order valence-electron chi connectivity index (χ2n) is 4.71. The summed E-state index contributed by atoms with van der Waals surface area (Å²) in [4.78, 5) is 24.7. The number of carboxylic acids is 1. The molecular weight excluding hydrogens is 249 g/mol. The molecule has 1 aliphatic rings. The van der Waals surface area contributed by atoms with Gasteiger partial charge in [0, 0.05) is 18.5 Å². The molecule has 0 aromatic heterocycles. The maximum Gasteiger partial charge on any atom is 0.320 e. The van der Waals surface area contributed by atoms with Gasteiger partial charge in [0.1, 0.15) is 11.9 Å². The van der Waals surface area contributed by atoms with Crippen molar-refractivity contribution in [3.8, 4) is 0 Å². The molecule has 19 heavy (non-hydrogen) atoms. The van der Waals surface area contributed by atoms with Crippen molar-refractivity contribution >= 4 is 11.8 Å². The van der Waals surface area contributed by atoms with Gasteiger partial charge in [-0.3, -0.25) is 14.5 Å². The minimum Gasteiger partial charge on any atom is -0.480 e. The van der Waals surface area contributed by atoms with Crippen LogP contribution in [0.2, 0.25) is 0 Å². The highest BCUT2D eigenvalue weighted by Gasteiger charge is 2.30. The molecule has 2 rings (SSSR count). The first-order valence-electron chi connectivity index (χ1n) is 6.33. The Morgan fingerprint density at radius 1 is 1.32 bits per heavy atom. The summed E-state index contributed by atoms with van der Waals surface area (Å²) < 4.78 is 12.7. The van der Waals surface area contributed by atoms with Crippen LogP contribution in [0.25, 0.3) is 0 Å². The Labute approximate surface area is 110 Å². The number of halogens is 1. The van der Waals surface area contributed by atoms with Crippen molar-refractivity contribution in [1.29, 1.82) is 0 Å². The van der Waals surface area contributed by atoms with Gasteiger partial charge in [-0.25, -0.2) is 4.39 Å². The fourth-order valence-electron chi connectivity index (χ4n) is 2.40. The summed E-state index contributed by atoms with van der Waals surface area (Å²) in [5.74, 6) is -1.29. The Morgan fingerprint density at radius 3 is 2.63 bits per heavy atom. The molecule has 0 radical (unpaired) electrons. The van der Waals surface area contributed by atoms with Crippen molar-refractivity contribution < 1.29 is 19.1 Å². The van der Waals surface area contributed by atoms with Crippen LogP contribution in [-0.2, 0) is 4.79 Å². The average Bonchev–Trinajstić information content (AvgIpc) is 2.85. The van der Waals surface area contributed by atoms with E-state index in [0.717, 1.165) is 6.42 Å². The molecular formula is C14H16FNO3. The zero-order valence-corrected chi connectivity index (χ0v) is 10.5. The van der Waals surface area contributed by atoms with Crippen LogP contribution in [0, 0.1) is 5.82 Å². The minimum absolute atomic E-state index is 0.0870. The van der Waals surface area contributed by atoms with Crippen molar-refractivity contribution in [1.82, 2.24) is 4.90 Å². The summed E-state index contributed by atoms with van der Waals surface area (Å²) in [6.07, 6.45) is 1.75. The van der Waals surface area contributed by atoms with Crippen LogP contribution in [0.1, 0.15) is 29.6 Å². The van der Waals surface area contributed by atoms with Gasteiger partial charge in [0.05, 0.1) is 0 Å². The van der Waals surface area contributed by atoms with Crippen LogP contribution in [0.15, 0.2) is 24.3 Å². The Kier molecular flexibility index (Phi) is 4.27. The number of benzene rings is 1. The van der Waals surface area contributed by atoms with Crippen LogP contribution >= 0.6 is 0 Å². The molecule has 1 N–H and O–H groups in total. The first-order chi connectivity index (χ1) is 9.08. The topological polar surface area (TPSA) is 57.6 Å². The predicted molar refractivity (Wildman–Crippen MR) is 67.6 cm³/mol. The standard InChI is InChI=1S/C14H16FNO3/c15-11-5-3-10(4-6-11)13(17)7-9-16-8-1-2-12(16)14(18)19/h3-6,12H,1-2,7-9H2,(H,18,19). The van der Waals surface area contributed by atoms with Gasteiger partial charge in [-0.15, -0.1) is 0 Å². The molecule has 0 amide bonds. The Bertz CT molecular complexity index is 472. The maximum absolute atomic E-state index is 12.7. The van der Waals surface area contributed by atoms with E-state index >= 15 is 0 Å². The highest BCUT2D eigenvalue weighted by Crippen LogP contribution is 2.18. The lowest BCUT2D eigenvalue weighted by Crippen LogP contribution is -2.37. The van der Waals surface area contributed by atoms with Crippen LogP contribution in [0.3, 0.4) is 0 Å². The number of hydrogen-bond acceptors (Lipinski definition) is 3. The molecule has 1 aliphatic heterocycles. The third kappa shape index (κ3) is 3.38. The van der Waals surface area contributed by atoms with Crippen molar-refractivity contribution in [2.75, 3.05) is 13.1 Å². The van der Waals surface area contributed by atoms with E-state index in [9.17, 15) is 14.0 Å². The fraction of sp³-hybridized carbons (Fsp3) is 0.429. The van der Waals surface area contributed by atoms with Gasteiger partial charge in [-0.05, 0) is 43.7 Å². The van der Waals surface area contributed by atoms with Gasteiger partial charge < -0.3 is 5.11 Å². The van der Waals surface area contributed by atoms with Crippen LogP contribution in [-0.4, -0.2) is 40.9 Å². The number of rotatable bonds is 5. The highest BCUT2D eigenvalue weighted by molar-refractivity contribution is 5.96. The normalized spacial score (nSPS) is 19.5. The zero-order chi connectivity index (χ0) is 13.8. The quantitative estimate of drug-likeness (QED) is 0.827. The van der Waals surface area contributed by atoms with E-state index in [0.29, 0.717) is 25.1 Å². The van der Waals surface area contributed by atoms with Gasteiger partial charge >= 0.3 is 5.97 Å². The van der Waals surface area contributed by atoms with Crippen molar-refractivity contribution in [3.63, 3.8) is 0 Å². The molecule has 1 unspecified atom stereocenters. The van der Waals surface area contributed by atoms with Crippen molar-refractivity contribution in [2.24, 2.45) is 0 Å². The number of ketones is 1. The molecule has 0 spiro atoms. The average molecular weight is 265 g/mol. The molecule has 1 fully saturated rings. The lowest BCUT2D eigenvalue weighted by Gasteiger charge is -2.20. The lowest BCUT2D eigenvalue weighted by atomic mass is 10.1. The second-order valence-corrected chi connectivity index (χ2v) is 4.71. The number of carbonyl (C=O) groups is 2. The summed E-state index contributed by atoms with van der Waals surface area (Å²) in [7, 11) is 0. The highest BCUT2D eigenvalue weighted by atomic mass is 19.1. The molecule has 0 bridgehead atoms. The Hall–Kier alpha value is -1.75. The second kappa shape index (κ2) is 5.93. The summed E-state index contributed by atoms with van der Waals surface area (Å²) in [6, 6.07) is 4.94. The summed E-state index contributed by atoms with van der Waals surface area (Å²) in [5.41, 5.74) is 0.465. The smallest absolute Gasteiger partial charge is 0.320 e. The van der Waals surface area contributed by atoms with Gasteiger partial charge in [0.15, 0.2) is 5.78 Å². The third-order valence-electron chi connectivity index (χ3n) is 3.44. The molecule has 4 nitrogen and oxygen atoms in total. The van der Waals surface area contributed by atoms with E-state index in [1.807, 2.05) is 4.90 Å². The zero-order valence-electron chi connectivity index (χ0n) is 10.5. The van der Waals surface area contributed by atoms with E-state index in [1.165, 1.54) is 24.3 Å². The molecule has 1 saturated heterocycles. The SMILES string of the molecule is O=C(CCN1CCCC1C(=O)O)c1ccc(F)cc1. The van der Waals surface area contributed by atoms with E-state index in [1.54, 1.807) is 0 Å². The van der Waals surface area contributed by atoms with Crippen molar-refractivity contribution in [2.45, 2.75) is 25.3 Å². The molecule has 5 heteroatoms. The maximum atomic E-state index is 12.7. The van der Waals surface area contributed by atoms with Crippen LogP contribution in [0.4, 0.5) is 4.39 Å². The molecule has 1 atom stereocenters. The molecule has 102 valence electrons. The molecule has 0 saturated carbocycles. The van der Waals surface area contributed by atoms with Gasteiger partial charge in [0.2, 0.25) is 0 Å². The van der Waals surface area contributed by atoms with Crippen LogP contribution in [0.5, 0.6) is 0 Å². The molecule has 1 heterocycles. The Morgan fingerprint density at radius 2 is 2.00 bits per heavy atom. The van der Waals surface area contributed by atoms with Crippen LogP contribution < -0.4 is 0 Å². The molecule has 1 aromatic rings. The van der Waals surface area contributed by atoms with Gasteiger partial charge in [-0.2, -0.15) is 0 Å². The van der Waals surface area contributed by atoms with Gasteiger partial charge in [0.25, 0.3) is 0 Å².